The molecule has 0 aliphatic rings. The van der Waals surface area contributed by atoms with Crippen molar-refractivity contribution in [1.82, 2.24) is 0 Å². The van der Waals surface area contributed by atoms with Gasteiger partial charge in [0.2, 0.25) is 0 Å². The lowest BCUT2D eigenvalue weighted by Gasteiger charge is -1.99. The Balaban J connectivity index is 1.98. The number of hydrogen-bond donors (Lipinski definition) is 0. The molecule has 0 N–H and O–H groups in total. The van der Waals surface area contributed by atoms with Crippen LogP contribution in [0.2, 0.25) is 0 Å². The minimum Gasteiger partial charge on any atom is -0.465 e. The van der Waals surface area contributed by atoms with E-state index in [9.17, 15) is 4.79 Å². The van der Waals surface area contributed by atoms with Gasteiger partial charge in [0, 0.05) is 0 Å². The van der Waals surface area contributed by atoms with Crippen LogP contribution in [0.3, 0.4) is 0 Å². The lowest BCUT2D eigenvalue weighted by Crippen LogP contribution is -2.09. The van der Waals surface area contributed by atoms with Crippen molar-refractivity contribution in [3.8, 4) is 0 Å². The fraction of sp³-hybridized carbons (Fsp3) is 0.0625. The smallest absolute Gasteiger partial charge is 0.337 e. The molecule has 3 heteroatoms. The summed E-state index contributed by atoms with van der Waals surface area (Å²) in [5.41, 5.74) is 3.80. The van der Waals surface area contributed by atoms with E-state index in [1.54, 1.807) is 12.1 Å². The summed E-state index contributed by atoms with van der Waals surface area (Å²) >= 11 is 0. The van der Waals surface area contributed by atoms with Crippen molar-refractivity contribution in [2.45, 2.75) is 0 Å². The van der Waals surface area contributed by atoms with E-state index in [4.69, 9.17) is 0 Å². The van der Waals surface area contributed by atoms with Crippen LogP contribution < -0.4 is 5.19 Å². The maximum atomic E-state index is 11.3. The minimum atomic E-state index is -0.304. The third kappa shape index (κ3) is 3.93. The molecule has 2 nitrogen and oxygen atoms in total. The SMILES string of the molecule is COC(=O)c1ccc(/C=C/[Si]c2ccccc2)cc1. The summed E-state index contributed by atoms with van der Waals surface area (Å²) in [6.07, 6.45) is 2.06. The molecule has 2 rings (SSSR count). The van der Waals surface area contributed by atoms with E-state index < -0.39 is 0 Å². The maximum Gasteiger partial charge on any atom is 0.337 e. The van der Waals surface area contributed by atoms with Crippen LogP contribution in [0.5, 0.6) is 0 Å². The van der Waals surface area contributed by atoms with Gasteiger partial charge in [0.1, 0.15) is 9.52 Å². The van der Waals surface area contributed by atoms with E-state index in [0.717, 1.165) is 5.56 Å². The van der Waals surface area contributed by atoms with Gasteiger partial charge in [-0.25, -0.2) is 4.79 Å². The molecule has 0 saturated carbocycles. The number of rotatable bonds is 4. The first kappa shape index (κ1) is 13.3. The highest BCUT2D eigenvalue weighted by molar-refractivity contribution is 6.59. The maximum absolute atomic E-state index is 11.3. The Morgan fingerprint density at radius 2 is 1.74 bits per heavy atom. The summed E-state index contributed by atoms with van der Waals surface area (Å²) in [7, 11) is 2.04. The Morgan fingerprint density at radius 1 is 1.05 bits per heavy atom. The van der Waals surface area contributed by atoms with Crippen molar-refractivity contribution in [2.75, 3.05) is 7.11 Å². The Labute approximate surface area is 115 Å². The highest BCUT2D eigenvalue weighted by Gasteiger charge is 2.02. The number of carbonyl (C=O) groups is 1. The van der Waals surface area contributed by atoms with Gasteiger partial charge in [-0.2, -0.15) is 0 Å². The summed E-state index contributed by atoms with van der Waals surface area (Å²) in [4.78, 5) is 11.3. The minimum absolute atomic E-state index is 0.304. The molecular weight excluding hydrogens is 252 g/mol. The van der Waals surface area contributed by atoms with Crippen LogP contribution in [0.15, 0.2) is 60.3 Å². The molecule has 0 saturated heterocycles. The van der Waals surface area contributed by atoms with Crippen molar-refractivity contribution in [3.05, 3.63) is 71.4 Å². The topological polar surface area (TPSA) is 26.3 Å². The molecule has 0 bridgehead atoms. The van der Waals surface area contributed by atoms with E-state index in [0.29, 0.717) is 15.1 Å². The van der Waals surface area contributed by atoms with Crippen molar-refractivity contribution in [2.24, 2.45) is 0 Å². The molecular formula is C16H14O2Si. The van der Waals surface area contributed by atoms with Crippen LogP contribution in [-0.2, 0) is 4.74 Å². The van der Waals surface area contributed by atoms with Gasteiger partial charge in [0.25, 0.3) is 0 Å². The van der Waals surface area contributed by atoms with Crippen LogP contribution in [0.1, 0.15) is 15.9 Å². The zero-order chi connectivity index (χ0) is 13.5. The van der Waals surface area contributed by atoms with Gasteiger partial charge < -0.3 is 4.74 Å². The first-order chi connectivity index (χ1) is 9.29. The molecule has 0 atom stereocenters. The normalized spacial score (nSPS) is 10.6. The van der Waals surface area contributed by atoms with Crippen LogP contribution in [-0.4, -0.2) is 22.6 Å². The Bertz CT molecular complexity index is 559. The zero-order valence-electron chi connectivity index (χ0n) is 10.7. The molecule has 0 aromatic heterocycles. The fourth-order valence-electron chi connectivity index (χ4n) is 1.62. The molecule has 2 aromatic rings. The first-order valence-corrected chi connectivity index (χ1v) is 7.04. The number of benzene rings is 2. The van der Waals surface area contributed by atoms with Gasteiger partial charge in [-0.05, 0) is 17.7 Å². The molecule has 0 aliphatic heterocycles. The Morgan fingerprint density at radius 3 is 2.37 bits per heavy atom. The first-order valence-electron chi connectivity index (χ1n) is 5.96. The summed E-state index contributed by atoms with van der Waals surface area (Å²) in [5.74, 6) is -0.304. The number of hydrogen-bond acceptors (Lipinski definition) is 2. The number of methoxy groups -OCH3 is 1. The molecule has 2 radical (unpaired) electrons. The molecule has 19 heavy (non-hydrogen) atoms. The standard InChI is InChI=1S/C16H14O2Si/c1-18-16(17)14-9-7-13(8-10-14)11-12-19-15-5-3-2-4-6-15/h2-12H,1H3/b12-11+. The summed E-state index contributed by atoms with van der Waals surface area (Å²) < 4.78 is 4.66. The number of carbonyl (C=O) groups excluding carboxylic acids is 1. The van der Waals surface area contributed by atoms with E-state index in [-0.39, 0.29) is 5.97 Å². The van der Waals surface area contributed by atoms with Crippen LogP contribution >= 0.6 is 0 Å². The van der Waals surface area contributed by atoms with Crippen LogP contribution in [0.25, 0.3) is 6.08 Å². The number of ether oxygens (including phenoxy) is 1. The molecule has 0 fully saturated rings. The van der Waals surface area contributed by atoms with E-state index >= 15 is 0 Å². The number of esters is 1. The predicted octanol–water partition coefficient (Wildman–Crippen LogP) is 2.47. The van der Waals surface area contributed by atoms with Crippen molar-refractivity contribution in [1.29, 1.82) is 0 Å². The zero-order valence-corrected chi connectivity index (χ0v) is 11.7. The summed E-state index contributed by atoms with van der Waals surface area (Å²) in [5, 5.41) is 1.31. The van der Waals surface area contributed by atoms with E-state index in [1.807, 2.05) is 30.3 Å². The lowest BCUT2D eigenvalue weighted by atomic mass is 10.1. The van der Waals surface area contributed by atoms with Crippen LogP contribution in [0.4, 0.5) is 0 Å². The molecule has 0 unspecified atom stereocenters. The molecule has 0 amide bonds. The molecule has 94 valence electrons. The second kappa shape index (κ2) is 6.71. The summed E-state index contributed by atoms with van der Waals surface area (Å²) in [6, 6.07) is 17.7. The van der Waals surface area contributed by atoms with Gasteiger partial charge >= 0.3 is 5.97 Å². The van der Waals surface area contributed by atoms with Gasteiger partial charge in [0.05, 0.1) is 12.7 Å². The molecule has 2 aromatic carbocycles. The van der Waals surface area contributed by atoms with E-state index in [2.05, 4.69) is 28.6 Å². The average molecular weight is 266 g/mol. The fourth-order valence-corrected chi connectivity index (χ4v) is 2.47. The third-order valence-corrected chi connectivity index (χ3v) is 3.63. The van der Waals surface area contributed by atoms with Crippen molar-refractivity contribution < 1.29 is 9.53 Å². The van der Waals surface area contributed by atoms with Crippen molar-refractivity contribution in [3.63, 3.8) is 0 Å². The monoisotopic (exact) mass is 266 g/mol. The largest absolute Gasteiger partial charge is 0.465 e. The molecule has 0 aliphatic carbocycles. The molecule has 0 spiro atoms. The van der Waals surface area contributed by atoms with E-state index in [1.165, 1.54) is 12.3 Å². The van der Waals surface area contributed by atoms with Gasteiger partial charge in [-0.3, -0.25) is 0 Å². The van der Waals surface area contributed by atoms with Crippen LogP contribution in [0, 0.1) is 0 Å². The van der Waals surface area contributed by atoms with Gasteiger partial charge in [-0.1, -0.05) is 59.4 Å². The Kier molecular flexibility index (Phi) is 4.70. The second-order valence-electron chi connectivity index (χ2n) is 3.96. The summed E-state index contributed by atoms with van der Waals surface area (Å²) in [6.45, 7) is 0. The Hall–Kier alpha value is -2.13. The highest BCUT2D eigenvalue weighted by atomic mass is 28.2. The van der Waals surface area contributed by atoms with Gasteiger partial charge in [-0.15, -0.1) is 0 Å². The highest BCUT2D eigenvalue weighted by Crippen LogP contribution is 2.07. The second-order valence-corrected chi connectivity index (χ2v) is 5.16. The van der Waals surface area contributed by atoms with Crippen molar-refractivity contribution >= 4 is 26.8 Å². The molecule has 0 heterocycles. The average Bonchev–Trinajstić information content (AvgIpc) is 2.48. The lowest BCUT2D eigenvalue weighted by molar-refractivity contribution is 0.0601. The quantitative estimate of drug-likeness (QED) is 0.628. The third-order valence-electron chi connectivity index (χ3n) is 2.63. The van der Waals surface area contributed by atoms with Gasteiger partial charge in [0.15, 0.2) is 0 Å². The predicted molar refractivity (Wildman–Crippen MR) is 78.6 cm³/mol.